The number of pyridine rings is 1. The topological polar surface area (TPSA) is 77.5 Å². The van der Waals surface area contributed by atoms with Crippen LogP contribution < -0.4 is 5.32 Å². The lowest BCUT2D eigenvalue weighted by Gasteiger charge is -2.23. The largest absolute Gasteiger partial charge is 0.448 e. The fourth-order valence-electron chi connectivity index (χ4n) is 2.39. The summed E-state index contributed by atoms with van der Waals surface area (Å²) in [6.07, 6.45) is 2.98. The molecule has 1 atom stereocenters. The first-order chi connectivity index (χ1) is 11.8. The quantitative estimate of drug-likeness (QED) is 0.649. The number of esters is 1. The molecule has 7 heteroatoms. The average molecular weight is 365 g/mol. The number of alkyl halides is 1. The van der Waals surface area contributed by atoms with E-state index in [0.717, 1.165) is 16.3 Å². The number of alkyl carbamates (subject to hydrolysis) is 1. The van der Waals surface area contributed by atoms with Crippen molar-refractivity contribution in [2.75, 3.05) is 6.07 Å². The second-order valence-corrected chi connectivity index (χ2v) is 6.71. The van der Waals surface area contributed by atoms with Crippen LogP contribution in [0.1, 0.15) is 26.3 Å². The van der Waals surface area contributed by atoms with Crippen LogP contribution in [-0.4, -0.2) is 34.8 Å². The summed E-state index contributed by atoms with van der Waals surface area (Å²) in [5, 5.41) is 4.46. The Balaban J connectivity index is 2.23. The Morgan fingerprint density at radius 2 is 2.04 bits per heavy atom. The van der Waals surface area contributed by atoms with E-state index in [4.69, 9.17) is 21.1 Å². The summed E-state index contributed by atoms with van der Waals surface area (Å²) in [6, 6.07) is 6.36. The van der Waals surface area contributed by atoms with E-state index in [-0.39, 0.29) is 12.5 Å². The lowest BCUT2D eigenvalue weighted by molar-refractivity contribution is -0.144. The molecule has 0 aliphatic rings. The molecular weight excluding hydrogens is 344 g/mol. The van der Waals surface area contributed by atoms with E-state index in [1.807, 2.05) is 24.3 Å². The van der Waals surface area contributed by atoms with Gasteiger partial charge in [0.1, 0.15) is 11.6 Å². The Labute approximate surface area is 151 Å². The first-order valence-electron chi connectivity index (χ1n) is 7.84. The SMILES string of the molecule is CC(C)(C)OC(=O)NC(Cc1cccc2cnccc12)C(=O)OCCl. The van der Waals surface area contributed by atoms with Crippen LogP contribution in [0.15, 0.2) is 36.7 Å². The van der Waals surface area contributed by atoms with Crippen molar-refractivity contribution in [3.05, 3.63) is 42.2 Å². The number of carbonyl (C=O) groups excluding carboxylic acids is 2. The van der Waals surface area contributed by atoms with Crippen molar-refractivity contribution in [3.8, 4) is 0 Å². The summed E-state index contributed by atoms with van der Waals surface area (Å²) < 4.78 is 10.1. The molecule has 0 aliphatic carbocycles. The molecule has 134 valence electrons. The van der Waals surface area contributed by atoms with Gasteiger partial charge in [0.05, 0.1) is 0 Å². The molecule has 0 saturated carbocycles. The molecule has 25 heavy (non-hydrogen) atoms. The molecule has 0 aliphatic heterocycles. The zero-order valence-electron chi connectivity index (χ0n) is 14.4. The Bertz CT molecular complexity index is 753. The first kappa shape index (κ1) is 19.0. The van der Waals surface area contributed by atoms with Gasteiger partial charge in [0.15, 0.2) is 6.07 Å². The van der Waals surface area contributed by atoms with E-state index >= 15 is 0 Å². The smallest absolute Gasteiger partial charge is 0.408 e. The highest BCUT2D eigenvalue weighted by atomic mass is 35.5. The van der Waals surface area contributed by atoms with Gasteiger partial charge in [-0.25, -0.2) is 9.59 Å². The molecule has 0 fully saturated rings. The molecule has 1 aromatic heterocycles. The minimum absolute atomic E-state index is 0.246. The van der Waals surface area contributed by atoms with Crippen molar-refractivity contribution < 1.29 is 19.1 Å². The van der Waals surface area contributed by atoms with Gasteiger partial charge in [-0.05, 0) is 37.8 Å². The number of hydrogen-bond donors (Lipinski definition) is 1. The molecule has 1 unspecified atom stereocenters. The second kappa shape index (κ2) is 8.16. The molecule has 0 saturated heterocycles. The van der Waals surface area contributed by atoms with Gasteiger partial charge in [0, 0.05) is 24.2 Å². The van der Waals surface area contributed by atoms with Crippen molar-refractivity contribution in [2.45, 2.75) is 38.8 Å². The average Bonchev–Trinajstić information content (AvgIpc) is 2.53. The van der Waals surface area contributed by atoms with Gasteiger partial charge < -0.3 is 14.8 Å². The van der Waals surface area contributed by atoms with Crippen molar-refractivity contribution in [2.24, 2.45) is 0 Å². The summed E-state index contributed by atoms with van der Waals surface area (Å²) in [5.41, 5.74) is 0.211. The lowest BCUT2D eigenvalue weighted by Crippen LogP contribution is -2.45. The Morgan fingerprint density at radius 3 is 2.72 bits per heavy atom. The van der Waals surface area contributed by atoms with Gasteiger partial charge in [0.2, 0.25) is 0 Å². The molecule has 0 radical (unpaired) electrons. The van der Waals surface area contributed by atoms with Crippen LogP contribution in [0.2, 0.25) is 0 Å². The molecule has 2 rings (SSSR count). The van der Waals surface area contributed by atoms with Crippen LogP contribution in [0.5, 0.6) is 0 Å². The summed E-state index contributed by atoms with van der Waals surface area (Å²) >= 11 is 5.49. The number of fused-ring (bicyclic) bond motifs is 1. The van der Waals surface area contributed by atoms with Gasteiger partial charge in [-0.3, -0.25) is 4.98 Å². The monoisotopic (exact) mass is 364 g/mol. The number of carbonyl (C=O) groups is 2. The standard InChI is InChI=1S/C18H21ClN2O4/c1-18(2,3)25-17(23)21-15(16(22)24-11-19)9-12-5-4-6-13-10-20-8-7-14(12)13/h4-8,10,15H,9,11H2,1-3H3,(H,21,23). The maximum atomic E-state index is 12.2. The summed E-state index contributed by atoms with van der Waals surface area (Å²) in [6.45, 7) is 5.24. The predicted molar refractivity (Wildman–Crippen MR) is 95.4 cm³/mol. The summed E-state index contributed by atoms with van der Waals surface area (Å²) in [7, 11) is 0. The number of ether oxygens (including phenoxy) is 2. The van der Waals surface area contributed by atoms with Crippen LogP contribution in [0.4, 0.5) is 4.79 Å². The number of nitrogens with one attached hydrogen (secondary N) is 1. The molecule has 0 bridgehead atoms. The van der Waals surface area contributed by atoms with Crippen molar-refractivity contribution in [1.82, 2.24) is 10.3 Å². The molecule has 1 aromatic carbocycles. The minimum Gasteiger partial charge on any atom is -0.448 e. The molecule has 6 nitrogen and oxygen atoms in total. The van der Waals surface area contributed by atoms with Crippen LogP contribution in [0, 0.1) is 0 Å². The molecular formula is C18H21ClN2O4. The van der Waals surface area contributed by atoms with Crippen LogP contribution in [-0.2, 0) is 20.7 Å². The highest BCUT2D eigenvalue weighted by Gasteiger charge is 2.26. The number of nitrogens with zero attached hydrogens (tertiary/aromatic N) is 1. The number of amides is 1. The van der Waals surface area contributed by atoms with Crippen molar-refractivity contribution >= 4 is 34.4 Å². The van der Waals surface area contributed by atoms with Crippen molar-refractivity contribution in [3.63, 3.8) is 0 Å². The minimum atomic E-state index is -0.910. The summed E-state index contributed by atoms with van der Waals surface area (Å²) in [5.74, 6) is -0.619. The number of benzene rings is 1. The molecule has 0 spiro atoms. The van der Waals surface area contributed by atoms with E-state index in [9.17, 15) is 9.59 Å². The lowest BCUT2D eigenvalue weighted by atomic mass is 10.00. The third-order valence-electron chi connectivity index (χ3n) is 3.37. The Morgan fingerprint density at radius 1 is 1.28 bits per heavy atom. The zero-order valence-corrected chi connectivity index (χ0v) is 15.2. The first-order valence-corrected chi connectivity index (χ1v) is 8.37. The predicted octanol–water partition coefficient (Wildman–Crippen LogP) is 3.41. The molecule has 1 heterocycles. The Hall–Kier alpha value is -2.34. The Kier molecular flexibility index (Phi) is 6.20. The number of rotatable bonds is 5. The zero-order chi connectivity index (χ0) is 18.4. The van der Waals surface area contributed by atoms with E-state index in [0.29, 0.717) is 0 Å². The van der Waals surface area contributed by atoms with Gasteiger partial charge in [-0.15, -0.1) is 0 Å². The van der Waals surface area contributed by atoms with E-state index in [1.54, 1.807) is 33.2 Å². The summed E-state index contributed by atoms with van der Waals surface area (Å²) in [4.78, 5) is 28.3. The number of aromatic nitrogens is 1. The van der Waals surface area contributed by atoms with E-state index < -0.39 is 23.7 Å². The number of hydrogen-bond acceptors (Lipinski definition) is 5. The van der Waals surface area contributed by atoms with Gasteiger partial charge in [-0.1, -0.05) is 29.8 Å². The van der Waals surface area contributed by atoms with Crippen LogP contribution >= 0.6 is 11.6 Å². The molecule has 1 amide bonds. The maximum absolute atomic E-state index is 12.2. The van der Waals surface area contributed by atoms with Crippen molar-refractivity contribution in [1.29, 1.82) is 0 Å². The highest BCUT2D eigenvalue weighted by Crippen LogP contribution is 2.19. The fourth-order valence-corrected chi connectivity index (χ4v) is 2.49. The third kappa shape index (κ3) is 5.60. The highest BCUT2D eigenvalue weighted by molar-refractivity contribution is 6.17. The van der Waals surface area contributed by atoms with Gasteiger partial charge >= 0.3 is 12.1 Å². The van der Waals surface area contributed by atoms with Crippen LogP contribution in [0.3, 0.4) is 0 Å². The second-order valence-electron chi connectivity index (χ2n) is 6.49. The van der Waals surface area contributed by atoms with Gasteiger partial charge in [0.25, 0.3) is 0 Å². The van der Waals surface area contributed by atoms with Gasteiger partial charge in [-0.2, -0.15) is 0 Å². The van der Waals surface area contributed by atoms with E-state index in [1.165, 1.54) is 0 Å². The normalized spacial score (nSPS) is 12.5. The number of halogens is 1. The fraction of sp³-hybridized carbons (Fsp3) is 0.389. The molecule has 1 N–H and O–H groups in total. The maximum Gasteiger partial charge on any atom is 0.408 e. The van der Waals surface area contributed by atoms with E-state index in [2.05, 4.69) is 10.3 Å². The van der Waals surface area contributed by atoms with Crippen LogP contribution in [0.25, 0.3) is 10.8 Å². The third-order valence-corrected chi connectivity index (χ3v) is 3.48. The molecule has 2 aromatic rings.